The molecule has 0 unspecified atom stereocenters. The van der Waals surface area contributed by atoms with Crippen molar-refractivity contribution in [2.75, 3.05) is 31.6 Å². The lowest BCUT2D eigenvalue weighted by Crippen LogP contribution is -2.33. The van der Waals surface area contributed by atoms with E-state index in [1.807, 2.05) is 23.1 Å². The molecule has 3 aromatic rings. The van der Waals surface area contributed by atoms with E-state index in [2.05, 4.69) is 21.9 Å². The monoisotopic (exact) mass is 442 g/mol. The molecule has 1 N–H and O–H groups in total. The van der Waals surface area contributed by atoms with E-state index in [1.54, 1.807) is 0 Å². The highest BCUT2D eigenvalue weighted by Crippen LogP contribution is 2.37. The maximum atomic E-state index is 14.3. The van der Waals surface area contributed by atoms with Gasteiger partial charge in [-0.1, -0.05) is 23.7 Å². The minimum Gasteiger partial charge on any atom is -0.493 e. The zero-order chi connectivity index (χ0) is 21.5. The SMILES string of the molecule is CN1CCC[C@H]1COc1nc(O)c2c(n1)CN(c1cc(F)cc3cccc(Cl)c13)CC2. The summed E-state index contributed by atoms with van der Waals surface area (Å²) in [4.78, 5) is 13.0. The first-order chi connectivity index (χ1) is 15.0. The fourth-order valence-corrected chi connectivity index (χ4v) is 4.87. The molecule has 1 atom stereocenters. The van der Waals surface area contributed by atoms with E-state index in [0.29, 0.717) is 48.4 Å². The number of likely N-dealkylation sites (tertiary alicyclic amines) is 1. The number of hydrogen-bond donors (Lipinski definition) is 1. The molecule has 2 aliphatic heterocycles. The van der Waals surface area contributed by atoms with E-state index < -0.39 is 0 Å². The number of aromatic nitrogens is 2. The standard InChI is InChI=1S/C23H24ClFN4O2/c1-28-8-3-5-16(28)13-31-23-26-19-12-29(9-7-17(19)22(30)27-23)20-11-15(25)10-14-4-2-6-18(24)21(14)20/h2,4,6,10-11,16H,3,5,7-9,12-13H2,1H3,(H,26,27,30)/t16-/m0/s1. The molecule has 1 fully saturated rings. The van der Waals surface area contributed by atoms with Crippen molar-refractivity contribution in [2.24, 2.45) is 0 Å². The van der Waals surface area contributed by atoms with Crippen molar-refractivity contribution >= 4 is 28.1 Å². The Morgan fingerprint density at radius 2 is 2.13 bits per heavy atom. The lowest BCUT2D eigenvalue weighted by atomic mass is 10.0. The zero-order valence-electron chi connectivity index (χ0n) is 17.3. The first-order valence-corrected chi connectivity index (χ1v) is 10.9. The van der Waals surface area contributed by atoms with Crippen LogP contribution in [0.15, 0.2) is 30.3 Å². The van der Waals surface area contributed by atoms with Gasteiger partial charge in [0.25, 0.3) is 0 Å². The Labute approximate surface area is 185 Å². The molecule has 0 saturated carbocycles. The number of aromatic hydroxyl groups is 1. The van der Waals surface area contributed by atoms with Crippen LogP contribution in [0.5, 0.6) is 11.9 Å². The number of rotatable bonds is 4. The van der Waals surface area contributed by atoms with Crippen molar-refractivity contribution < 1.29 is 14.2 Å². The fraction of sp³-hybridized carbons (Fsp3) is 0.391. The maximum absolute atomic E-state index is 14.3. The summed E-state index contributed by atoms with van der Waals surface area (Å²) >= 11 is 6.46. The molecule has 8 heteroatoms. The van der Waals surface area contributed by atoms with Crippen LogP contribution in [0.25, 0.3) is 10.8 Å². The summed E-state index contributed by atoms with van der Waals surface area (Å²) in [7, 11) is 2.08. The van der Waals surface area contributed by atoms with Crippen molar-refractivity contribution in [2.45, 2.75) is 31.8 Å². The summed E-state index contributed by atoms with van der Waals surface area (Å²) in [6.45, 7) is 2.56. The Morgan fingerprint density at radius 3 is 2.94 bits per heavy atom. The lowest BCUT2D eigenvalue weighted by Gasteiger charge is -2.31. The summed E-state index contributed by atoms with van der Waals surface area (Å²) in [6.07, 6.45) is 2.78. The predicted octanol–water partition coefficient (Wildman–Crippen LogP) is 4.16. The number of hydrogen-bond acceptors (Lipinski definition) is 6. The Bertz CT molecular complexity index is 1140. The molecular formula is C23H24ClFN4O2. The second-order valence-electron chi connectivity index (χ2n) is 8.28. The number of ether oxygens (including phenoxy) is 1. The van der Waals surface area contributed by atoms with Gasteiger partial charge in [0.1, 0.15) is 12.4 Å². The molecule has 0 aliphatic carbocycles. The molecule has 31 heavy (non-hydrogen) atoms. The fourth-order valence-electron chi connectivity index (χ4n) is 4.59. The topological polar surface area (TPSA) is 61.7 Å². The second kappa shape index (κ2) is 8.13. The van der Waals surface area contributed by atoms with Crippen LogP contribution in [-0.2, 0) is 13.0 Å². The maximum Gasteiger partial charge on any atom is 0.320 e. The zero-order valence-corrected chi connectivity index (χ0v) is 18.1. The number of fused-ring (bicyclic) bond motifs is 2. The Kier molecular flexibility index (Phi) is 5.32. The van der Waals surface area contributed by atoms with E-state index in [4.69, 9.17) is 16.3 Å². The van der Waals surface area contributed by atoms with Crippen LogP contribution in [0.2, 0.25) is 5.02 Å². The summed E-state index contributed by atoms with van der Waals surface area (Å²) in [6, 6.07) is 8.99. The van der Waals surface area contributed by atoms with Gasteiger partial charge in [-0.25, -0.2) is 4.39 Å². The first-order valence-electron chi connectivity index (χ1n) is 10.5. The van der Waals surface area contributed by atoms with Gasteiger partial charge in [0.15, 0.2) is 0 Å². The highest BCUT2D eigenvalue weighted by molar-refractivity contribution is 6.36. The molecule has 0 amide bonds. The van der Waals surface area contributed by atoms with Gasteiger partial charge in [-0.05, 0) is 56.4 Å². The second-order valence-corrected chi connectivity index (χ2v) is 8.68. The number of benzene rings is 2. The summed E-state index contributed by atoms with van der Waals surface area (Å²) in [5.74, 6) is -0.354. The van der Waals surface area contributed by atoms with Gasteiger partial charge < -0.3 is 19.6 Å². The molecular weight excluding hydrogens is 419 g/mol. The van der Waals surface area contributed by atoms with Gasteiger partial charge in [-0.15, -0.1) is 0 Å². The molecule has 162 valence electrons. The largest absolute Gasteiger partial charge is 0.493 e. The molecule has 0 bridgehead atoms. The Morgan fingerprint density at radius 1 is 1.26 bits per heavy atom. The third kappa shape index (κ3) is 3.88. The smallest absolute Gasteiger partial charge is 0.320 e. The molecule has 2 aromatic carbocycles. The van der Waals surface area contributed by atoms with Gasteiger partial charge in [0, 0.05) is 29.2 Å². The third-order valence-corrected chi connectivity index (χ3v) is 6.62. The minimum absolute atomic E-state index is 0.0402. The highest BCUT2D eigenvalue weighted by atomic mass is 35.5. The van der Waals surface area contributed by atoms with Crippen LogP contribution in [0.3, 0.4) is 0 Å². The predicted molar refractivity (Wildman–Crippen MR) is 119 cm³/mol. The van der Waals surface area contributed by atoms with Gasteiger partial charge in [-0.3, -0.25) is 0 Å². The van der Waals surface area contributed by atoms with Crippen LogP contribution >= 0.6 is 11.6 Å². The van der Waals surface area contributed by atoms with Crippen LogP contribution in [0.4, 0.5) is 10.1 Å². The van der Waals surface area contributed by atoms with E-state index >= 15 is 0 Å². The molecule has 1 saturated heterocycles. The summed E-state index contributed by atoms with van der Waals surface area (Å²) in [5.41, 5.74) is 2.13. The minimum atomic E-state index is -0.314. The molecule has 5 rings (SSSR count). The molecule has 6 nitrogen and oxygen atoms in total. The molecule has 0 radical (unpaired) electrons. The number of anilines is 1. The summed E-state index contributed by atoms with van der Waals surface area (Å²) < 4.78 is 20.2. The average Bonchev–Trinajstić information content (AvgIpc) is 3.16. The first kappa shape index (κ1) is 20.3. The van der Waals surface area contributed by atoms with Gasteiger partial charge in [0.2, 0.25) is 5.88 Å². The van der Waals surface area contributed by atoms with Crippen LogP contribution in [0, 0.1) is 5.82 Å². The lowest BCUT2D eigenvalue weighted by molar-refractivity contribution is 0.185. The van der Waals surface area contributed by atoms with Gasteiger partial charge >= 0.3 is 6.01 Å². The normalized spacial score (nSPS) is 19.1. The van der Waals surface area contributed by atoms with Crippen LogP contribution < -0.4 is 9.64 Å². The Balaban J connectivity index is 1.44. The quantitative estimate of drug-likeness (QED) is 0.654. The van der Waals surface area contributed by atoms with E-state index in [0.717, 1.165) is 35.8 Å². The van der Waals surface area contributed by atoms with Crippen LogP contribution in [0.1, 0.15) is 24.1 Å². The average molecular weight is 443 g/mol. The number of halogens is 2. The van der Waals surface area contributed by atoms with E-state index in [-0.39, 0.29) is 17.7 Å². The highest BCUT2D eigenvalue weighted by Gasteiger charge is 2.26. The van der Waals surface area contributed by atoms with Crippen LogP contribution in [-0.4, -0.2) is 52.8 Å². The summed E-state index contributed by atoms with van der Waals surface area (Å²) in [5, 5.41) is 12.6. The molecule has 0 spiro atoms. The van der Waals surface area contributed by atoms with E-state index in [1.165, 1.54) is 12.1 Å². The van der Waals surface area contributed by atoms with Crippen molar-refractivity contribution in [3.8, 4) is 11.9 Å². The molecule has 2 aliphatic rings. The van der Waals surface area contributed by atoms with Gasteiger partial charge in [-0.2, -0.15) is 9.97 Å². The van der Waals surface area contributed by atoms with Crippen molar-refractivity contribution in [3.63, 3.8) is 0 Å². The van der Waals surface area contributed by atoms with E-state index in [9.17, 15) is 9.50 Å². The number of likely N-dealkylation sites (N-methyl/N-ethyl adjacent to an activating group) is 1. The van der Waals surface area contributed by atoms with Gasteiger partial charge in [0.05, 0.1) is 17.3 Å². The molecule has 1 aromatic heterocycles. The Hall–Kier alpha value is -2.64. The molecule has 3 heterocycles. The van der Waals surface area contributed by atoms with Crippen molar-refractivity contribution in [1.82, 2.24) is 14.9 Å². The van der Waals surface area contributed by atoms with Crippen molar-refractivity contribution in [3.05, 3.63) is 52.4 Å². The number of nitrogens with zero attached hydrogens (tertiary/aromatic N) is 4. The van der Waals surface area contributed by atoms with Crippen molar-refractivity contribution in [1.29, 1.82) is 0 Å². The third-order valence-electron chi connectivity index (χ3n) is 6.31.